The standard InChI is InChI=1S/C20H30N4O2/c1-3-6-19(25)23-15-8-5-7-14(11-15)13-22-20(21-4-2)24-17-12-16-9-10-18(17)26-16/h5,7-8,11,16-18H,3-4,6,9-10,12-13H2,1-2H3,(H,23,25)(H2,21,22,24). The number of ether oxygens (including phenoxy) is 1. The number of guanidine groups is 1. The number of hydrogen-bond donors (Lipinski definition) is 3. The molecule has 3 rings (SSSR count). The van der Waals surface area contributed by atoms with Crippen molar-refractivity contribution in [3.05, 3.63) is 29.8 Å². The molecule has 1 amide bonds. The Labute approximate surface area is 155 Å². The highest BCUT2D eigenvalue weighted by atomic mass is 16.5. The molecule has 3 N–H and O–H groups in total. The van der Waals surface area contributed by atoms with Gasteiger partial charge in [-0.1, -0.05) is 19.1 Å². The molecule has 142 valence electrons. The van der Waals surface area contributed by atoms with Gasteiger partial charge in [0, 0.05) is 18.7 Å². The first-order chi connectivity index (χ1) is 12.7. The van der Waals surface area contributed by atoms with Gasteiger partial charge in [0.05, 0.1) is 24.8 Å². The number of amides is 1. The van der Waals surface area contributed by atoms with E-state index in [-0.39, 0.29) is 5.91 Å². The number of nitrogens with one attached hydrogen (secondary N) is 3. The second kappa shape index (κ2) is 9.03. The van der Waals surface area contributed by atoms with Crippen molar-refractivity contribution in [3.8, 4) is 0 Å². The molecule has 1 aromatic rings. The normalized spacial score (nSPS) is 24.5. The van der Waals surface area contributed by atoms with Crippen LogP contribution < -0.4 is 16.0 Å². The molecule has 3 atom stereocenters. The van der Waals surface area contributed by atoms with Crippen LogP contribution in [0.2, 0.25) is 0 Å². The minimum absolute atomic E-state index is 0.0550. The third-order valence-corrected chi connectivity index (χ3v) is 4.88. The van der Waals surface area contributed by atoms with Gasteiger partial charge in [-0.25, -0.2) is 4.99 Å². The Balaban J connectivity index is 1.59. The number of carbonyl (C=O) groups is 1. The molecule has 2 saturated heterocycles. The summed E-state index contributed by atoms with van der Waals surface area (Å²) in [6.45, 7) is 5.45. The van der Waals surface area contributed by atoms with Crippen LogP contribution in [0, 0.1) is 0 Å². The summed E-state index contributed by atoms with van der Waals surface area (Å²) in [4.78, 5) is 16.5. The maximum absolute atomic E-state index is 11.8. The van der Waals surface area contributed by atoms with E-state index in [1.807, 2.05) is 31.2 Å². The lowest BCUT2D eigenvalue weighted by Crippen LogP contribution is -2.47. The largest absolute Gasteiger partial charge is 0.373 e. The lowest BCUT2D eigenvalue weighted by atomic mass is 9.96. The van der Waals surface area contributed by atoms with Gasteiger partial charge < -0.3 is 20.7 Å². The fourth-order valence-electron chi connectivity index (χ4n) is 3.65. The Kier molecular flexibility index (Phi) is 6.50. The van der Waals surface area contributed by atoms with Crippen LogP contribution >= 0.6 is 0 Å². The van der Waals surface area contributed by atoms with Crippen molar-refractivity contribution in [1.82, 2.24) is 10.6 Å². The van der Waals surface area contributed by atoms with Crippen LogP contribution in [0.25, 0.3) is 0 Å². The zero-order valence-corrected chi connectivity index (χ0v) is 15.8. The van der Waals surface area contributed by atoms with Crippen molar-refractivity contribution in [3.63, 3.8) is 0 Å². The van der Waals surface area contributed by atoms with Crippen LogP contribution in [0.3, 0.4) is 0 Å². The molecule has 26 heavy (non-hydrogen) atoms. The van der Waals surface area contributed by atoms with E-state index in [9.17, 15) is 4.79 Å². The van der Waals surface area contributed by atoms with Gasteiger partial charge in [0.2, 0.25) is 5.91 Å². The van der Waals surface area contributed by atoms with Crippen LogP contribution in [-0.4, -0.2) is 36.7 Å². The molecular formula is C20H30N4O2. The zero-order chi connectivity index (χ0) is 18.4. The number of benzene rings is 1. The van der Waals surface area contributed by atoms with Crippen LogP contribution in [0.15, 0.2) is 29.3 Å². The Bertz CT molecular complexity index is 646. The number of aliphatic imine (C=N–C) groups is 1. The van der Waals surface area contributed by atoms with Gasteiger partial charge in [0.25, 0.3) is 0 Å². The molecule has 2 heterocycles. The highest BCUT2D eigenvalue weighted by Gasteiger charge is 2.41. The molecule has 0 aliphatic carbocycles. The number of carbonyl (C=O) groups excluding carboxylic acids is 1. The average molecular weight is 358 g/mol. The summed E-state index contributed by atoms with van der Waals surface area (Å²) in [5.41, 5.74) is 1.90. The van der Waals surface area contributed by atoms with E-state index >= 15 is 0 Å². The lowest BCUT2D eigenvalue weighted by Gasteiger charge is -2.22. The summed E-state index contributed by atoms with van der Waals surface area (Å²) < 4.78 is 5.91. The Morgan fingerprint density at radius 2 is 2.19 bits per heavy atom. The van der Waals surface area contributed by atoms with Gasteiger partial charge in [0.1, 0.15) is 0 Å². The second-order valence-corrected chi connectivity index (χ2v) is 7.05. The van der Waals surface area contributed by atoms with Crippen molar-refractivity contribution >= 4 is 17.6 Å². The third-order valence-electron chi connectivity index (χ3n) is 4.88. The molecule has 0 aromatic heterocycles. The highest BCUT2D eigenvalue weighted by molar-refractivity contribution is 5.90. The molecule has 0 spiro atoms. The summed E-state index contributed by atoms with van der Waals surface area (Å²) in [5, 5.41) is 9.78. The summed E-state index contributed by atoms with van der Waals surface area (Å²) >= 11 is 0. The molecule has 2 aliphatic heterocycles. The molecule has 6 nitrogen and oxygen atoms in total. The highest BCUT2D eigenvalue weighted by Crippen LogP contribution is 2.34. The van der Waals surface area contributed by atoms with Crippen LogP contribution in [0.1, 0.15) is 51.5 Å². The van der Waals surface area contributed by atoms with Gasteiger partial charge in [-0.2, -0.15) is 0 Å². The first kappa shape index (κ1) is 18.7. The van der Waals surface area contributed by atoms with E-state index < -0.39 is 0 Å². The SMILES string of the molecule is CCCC(=O)Nc1cccc(CN=C(NCC)NC2CC3CCC2O3)c1. The first-order valence-corrected chi connectivity index (χ1v) is 9.77. The van der Waals surface area contributed by atoms with Gasteiger partial charge in [-0.3, -0.25) is 4.79 Å². The molecule has 0 radical (unpaired) electrons. The Morgan fingerprint density at radius 1 is 1.31 bits per heavy atom. The van der Waals surface area contributed by atoms with E-state index in [0.717, 1.165) is 43.0 Å². The summed E-state index contributed by atoms with van der Waals surface area (Å²) in [6, 6.07) is 8.24. The second-order valence-electron chi connectivity index (χ2n) is 7.05. The van der Waals surface area contributed by atoms with Crippen molar-refractivity contribution in [1.29, 1.82) is 0 Å². The topological polar surface area (TPSA) is 74.8 Å². The fourth-order valence-corrected chi connectivity index (χ4v) is 3.65. The van der Waals surface area contributed by atoms with Gasteiger partial charge in [0.15, 0.2) is 5.96 Å². The minimum Gasteiger partial charge on any atom is -0.373 e. The summed E-state index contributed by atoms with van der Waals surface area (Å²) in [5.74, 6) is 0.883. The number of rotatable bonds is 7. The Morgan fingerprint density at radius 3 is 2.88 bits per heavy atom. The van der Waals surface area contributed by atoms with E-state index in [1.165, 1.54) is 6.42 Å². The van der Waals surface area contributed by atoms with Crippen molar-refractivity contribution in [2.75, 3.05) is 11.9 Å². The molecule has 2 bridgehead atoms. The third kappa shape index (κ3) is 4.97. The predicted octanol–water partition coefficient (Wildman–Crippen LogP) is 2.80. The Hall–Kier alpha value is -2.08. The lowest BCUT2D eigenvalue weighted by molar-refractivity contribution is -0.116. The molecule has 3 unspecified atom stereocenters. The van der Waals surface area contributed by atoms with Crippen LogP contribution in [0.5, 0.6) is 0 Å². The average Bonchev–Trinajstić information content (AvgIpc) is 3.23. The van der Waals surface area contributed by atoms with Crippen LogP contribution in [-0.2, 0) is 16.1 Å². The maximum Gasteiger partial charge on any atom is 0.224 e. The fraction of sp³-hybridized carbons (Fsp3) is 0.600. The summed E-state index contributed by atoms with van der Waals surface area (Å²) in [7, 11) is 0. The molecule has 1 aromatic carbocycles. The van der Waals surface area contributed by atoms with Crippen molar-refractivity contribution < 1.29 is 9.53 Å². The molecule has 0 saturated carbocycles. The smallest absolute Gasteiger partial charge is 0.224 e. The van der Waals surface area contributed by atoms with Gasteiger partial charge >= 0.3 is 0 Å². The van der Waals surface area contributed by atoms with Crippen molar-refractivity contribution in [2.24, 2.45) is 4.99 Å². The van der Waals surface area contributed by atoms with E-state index in [2.05, 4.69) is 22.9 Å². The number of fused-ring (bicyclic) bond motifs is 2. The van der Waals surface area contributed by atoms with E-state index in [0.29, 0.717) is 31.2 Å². The van der Waals surface area contributed by atoms with Crippen LogP contribution in [0.4, 0.5) is 5.69 Å². The predicted molar refractivity (Wildman–Crippen MR) is 104 cm³/mol. The molecule has 2 aliphatic rings. The minimum atomic E-state index is 0.0550. The number of hydrogen-bond acceptors (Lipinski definition) is 3. The first-order valence-electron chi connectivity index (χ1n) is 9.77. The van der Waals surface area contributed by atoms with E-state index in [1.54, 1.807) is 0 Å². The van der Waals surface area contributed by atoms with Crippen molar-refractivity contribution in [2.45, 2.75) is 70.7 Å². The molecule has 2 fully saturated rings. The molecule has 6 heteroatoms. The van der Waals surface area contributed by atoms with Gasteiger partial charge in [-0.05, 0) is 50.3 Å². The van der Waals surface area contributed by atoms with E-state index in [4.69, 9.17) is 9.73 Å². The number of anilines is 1. The van der Waals surface area contributed by atoms with Gasteiger partial charge in [-0.15, -0.1) is 0 Å². The maximum atomic E-state index is 11.8. The quantitative estimate of drug-likeness (QED) is 0.518. The molecular weight excluding hydrogens is 328 g/mol. The summed E-state index contributed by atoms with van der Waals surface area (Å²) in [6.07, 6.45) is 5.52. The number of nitrogens with zero attached hydrogens (tertiary/aromatic N) is 1. The monoisotopic (exact) mass is 358 g/mol. The zero-order valence-electron chi connectivity index (χ0n) is 15.8.